The molecule has 0 amide bonds. The highest BCUT2D eigenvalue weighted by Gasteiger charge is 2.25. The topological polar surface area (TPSA) is 65.3 Å². The predicted octanol–water partition coefficient (Wildman–Crippen LogP) is 2.60. The van der Waals surface area contributed by atoms with Gasteiger partial charge in [0.05, 0.1) is 18.7 Å². The minimum absolute atomic E-state index is 0.189. The molecule has 1 unspecified atom stereocenters. The van der Waals surface area contributed by atoms with E-state index in [0.717, 1.165) is 25.1 Å². The van der Waals surface area contributed by atoms with E-state index < -0.39 is 0 Å². The zero-order valence-corrected chi connectivity index (χ0v) is 14.3. The number of aromatic nitrogens is 2. The molecule has 6 nitrogen and oxygen atoms in total. The second-order valence-electron chi connectivity index (χ2n) is 6.06. The summed E-state index contributed by atoms with van der Waals surface area (Å²) < 4.78 is 18.9. The fourth-order valence-electron chi connectivity index (χ4n) is 3.11. The van der Waals surface area contributed by atoms with Crippen molar-refractivity contribution in [1.82, 2.24) is 9.97 Å². The van der Waals surface area contributed by atoms with Crippen LogP contribution in [0.3, 0.4) is 0 Å². The van der Waals surface area contributed by atoms with Crippen LogP contribution >= 0.6 is 0 Å². The van der Waals surface area contributed by atoms with Gasteiger partial charge in [0.2, 0.25) is 11.8 Å². The normalized spacial score (nSPS) is 17.0. The molecular weight excluding hydrogens is 321 g/mol. The minimum atomic E-state index is -0.388. The maximum absolute atomic E-state index is 13.8. The lowest BCUT2D eigenvalue weighted by atomic mass is 10.0. The van der Waals surface area contributed by atoms with Crippen LogP contribution in [0.5, 0.6) is 5.88 Å². The lowest BCUT2D eigenvalue weighted by Crippen LogP contribution is -2.47. The van der Waals surface area contributed by atoms with E-state index in [4.69, 9.17) is 10.00 Å². The van der Waals surface area contributed by atoms with Crippen molar-refractivity contribution in [2.75, 3.05) is 37.0 Å². The number of piperidine rings is 1. The molecule has 3 rings (SSSR count). The molecular formula is C18H20FN5O. The zero-order chi connectivity index (χ0) is 17.8. The molecule has 1 atom stereocenters. The molecule has 7 heteroatoms. The SMILES string of the molecule is COc1ccnc(N(C)C2CCCN(c3cc(F)cc(C#N)c3)C2)n1. The van der Waals surface area contributed by atoms with Gasteiger partial charge in [-0.1, -0.05) is 0 Å². The van der Waals surface area contributed by atoms with E-state index in [0.29, 0.717) is 23.9 Å². The standard InChI is InChI=1S/C18H20FN5O/c1-23(18-21-6-5-17(22-18)25-2)15-4-3-7-24(12-15)16-9-13(11-20)8-14(19)10-16/h5-6,8-10,15H,3-4,7,12H2,1-2H3. The third kappa shape index (κ3) is 3.79. The number of anilines is 2. The molecule has 1 aliphatic heterocycles. The predicted molar refractivity (Wildman–Crippen MR) is 93.3 cm³/mol. The van der Waals surface area contributed by atoms with E-state index in [1.54, 1.807) is 25.4 Å². The van der Waals surface area contributed by atoms with Crippen LogP contribution in [0.2, 0.25) is 0 Å². The molecule has 0 aliphatic carbocycles. The van der Waals surface area contributed by atoms with Gasteiger partial charge in [0.25, 0.3) is 0 Å². The third-order valence-corrected chi connectivity index (χ3v) is 4.46. The van der Waals surface area contributed by atoms with Gasteiger partial charge in [0.1, 0.15) is 5.82 Å². The summed E-state index contributed by atoms with van der Waals surface area (Å²) in [6.45, 7) is 1.54. The fraction of sp³-hybridized carbons (Fsp3) is 0.389. The van der Waals surface area contributed by atoms with E-state index in [9.17, 15) is 4.39 Å². The Hall–Kier alpha value is -2.88. The highest BCUT2D eigenvalue weighted by Crippen LogP contribution is 2.25. The van der Waals surface area contributed by atoms with Crippen molar-refractivity contribution in [3.8, 4) is 11.9 Å². The molecule has 0 N–H and O–H groups in total. The molecule has 1 aromatic heterocycles. The Bertz CT molecular complexity index is 791. The monoisotopic (exact) mass is 341 g/mol. The second kappa shape index (κ2) is 7.34. The summed E-state index contributed by atoms with van der Waals surface area (Å²) in [5, 5.41) is 9.05. The van der Waals surface area contributed by atoms with Crippen LogP contribution in [0.4, 0.5) is 16.0 Å². The Kier molecular flexibility index (Phi) is 4.98. The third-order valence-electron chi connectivity index (χ3n) is 4.46. The van der Waals surface area contributed by atoms with Crippen molar-refractivity contribution in [2.45, 2.75) is 18.9 Å². The van der Waals surface area contributed by atoms with Crippen molar-refractivity contribution in [3.63, 3.8) is 0 Å². The number of halogens is 1. The number of ether oxygens (including phenoxy) is 1. The highest BCUT2D eigenvalue weighted by atomic mass is 19.1. The average molecular weight is 341 g/mol. The number of rotatable bonds is 4. The summed E-state index contributed by atoms with van der Waals surface area (Å²) in [5.41, 5.74) is 1.07. The molecule has 130 valence electrons. The molecule has 2 aromatic rings. The molecule has 1 aliphatic rings. The average Bonchev–Trinajstić information content (AvgIpc) is 2.67. The second-order valence-corrected chi connectivity index (χ2v) is 6.06. The van der Waals surface area contributed by atoms with E-state index in [-0.39, 0.29) is 11.9 Å². The molecule has 1 fully saturated rings. The van der Waals surface area contributed by atoms with Gasteiger partial charge in [-0.2, -0.15) is 10.2 Å². The van der Waals surface area contributed by atoms with Gasteiger partial charge in [-0.25, -0.2) is 9.37 Å². The molecule has 1 saturated heterocycles. The highest BCUT2D eigenvalue weighted by molar-refractivity contribution is 5.53. The first-order valence-electron chi connectivity index (χ1n) is 8.16. The Balaban J connectivity index is 1.79. The van der Waals surface area contributed by atoms with Crippen LogP contribution in [0.1, 0.15) is 18.4 Å². The first-order chi connectivity index (χ1) is 12.1. The summed E-state index contributed by atoms with van der Waals surface area (Å²) in [5.74, 6) is 0.733. The Labute approximate surface area is 146 Å². The molecule has 25 heavy (non-hydrogen) atoms. The number of likely N-dealkylation sites (N-methyl/N-ethyl adjacent to an activating group) is 1. The smallest absolute Gasteiger partial charge is 0.228 e. The number of hydrogen-bond donors (Lipinski definition) is 0. The zero-order valence-electron chi connectivity index (χ0n) is 14.3. The maximum Gasteiger partial charge on any atom is 0.228 e. The van der Waals surface area contributed by atoms with Crippen LogP contribution in [0, 0.1) is 17.1 Å². The summed E-state index contributed by atoms with van der Waals surface area (Å²) in [6, 6.07) is 8.37. The van der Waals surface area contributed by atoms with Gasteiger partial charge in [-0.3, -0.25) is 0 Å². The molecule has 0 bridgehead atoms. The van der Waals surface area contributed by atoms with Crippen LogP contribution in [0.15, 0.2) is 30.5 Å². The summed E-state index contributed by atoms with van der Waals surface area (Å²) >= 11 is 0. The lowest BCUT2D eigenvalue weighted by molar-refractivity contribution is 0.395. The number of benzene rings is 1. The Morgan fingerprint density at radius 3 is 3.00 bits per heavy atom. The van der Waals surface area contributed by atoms with Crippen molar-refractivity contribution < 1.29 is 9.13 Å². The van der Waals surface area contributed by atoms with Crippen LogP contribution in [0.25, 0.3) is 0 Å². The van der Waals surface area contributed by atoms with E-state index >= 15 is 0 Å². The number of nitrogens with zero attached hydrogens (tertiary/aromatic N) is 5. The number of hydrogen-bond acceptors (Lipinski definition) is 6. The van der Waals surface area contributed by atoms with Gasteiger partial charge in [0.15, 0.2) is 0 Å². The largest absolute Gasteiger partial charge is 0.481 e. The summed E-state index contributed by atoms with van der Waals surface area (Å²) in [6.07, 6.45) is 3.63. The van der Waals surface area contributed by atoms with Gasteiger partial charge >= 0.3 is 0 Å². The lowest BCUT2D eigenvalue weighted by Gasteiger charge is -2.38. The van der Waals surface area contributed by atoms with Crippen molar-refractivity contribution in [3.05, 3.63) is 41.8 Å². The Morgan fingerprint density at radius 2 is 2.24 bits per heavy atom. The molecule has 0 radical (unpaired) electrons. The quantitative estimate of drug-likeness (QED) is 0.852. The van der Waals surface area contributed by atoms with E-state index in [2.05, 4.69) is 14.9 Å². The molecule has 0 spiro atoms. The van der Waals surface area contributed by atoms with Crippen LogP contribution in [-0.2, 0) is 0 Å². The van der Waals surface area contributed by atoms with E-state index in [1.807, 2.05) is 18.0 Å². The van der Waals surface area contributed by atoms with Crippen molar-refractivity contribution >= 4 is 11.6 Å². The molecule has 1 aromatic carbocycles. The minimum Gasteiger partial charge on any atom is -0.481 e. The van der Waals surface area contributed by atoms with Gasteiger partial charge in [-0.15, -0.1) is 0 Å². The van der Waals surface area contributed by atoms with Gasteiger partial charge < -0.3 is 14.5 Å². The number of methoxy groups -OCH3 is 1. The van der Waals surface area contributed by atoms with Crippen molar-refractivity contribution in [1.29, 1.82) is 5.26 Å². The molecule has 2 heterocycles. The number of nitriles is 1. The van der Waals surface area contributed by atoms with Crippen molar-refractivity contribution in [2.24, 2.45) is 0 Å². The van der Waals surface area contributed by atoms with Gasteiger partial charge in [0, 0.05) is 44.1 Å². The first kappa shape index (κ1) is 17.0. The molecule has 0 saturated carbocycles. The van der Waals surface area contributed by atoms with Crippen LogP contribution < -0.4 is 14.5 Å². The fourth-order valence-corrected chi connectivity index (χ4v) is 3.11. The van der Waals surface area contributed by atoms with Gasteiger partial charge in [-0.05, 0) is 31.0 Å². The Morgan fingerprint density at radius 1 is 1.40 bits per heavy atom. The summed E-state index contributed by atoms with van der Waals surface area (Å²) in [4.78, 5) is 12.8. The first-order valence-corrected chi connectivity index (χ1v) is 8.16. The van der Waals surface area contributed by atoms with Crippen LogP contribution in [-0.4, -0.2) is 43.3 Å². The maximum atomic E-state index is 13.8. The summed E-state index contributed by atoms with van der Waals surface area (Å²) in [7, 11) is 3.53. The van der Waals surface area contributed by atoms with E-state index in [1.165, 1.54) is 12.1 Å².